The summed E-state index contributed by atoms with van der Waals surface area (Å²) in [5.74, 6) is -0.0641. The van der Waals surface area contributed by atoms with E-state index in [4.69, 9.17) is 5.26 Å². The van der Waals surface area contributed by atoms with Gasteiger partial charge in [-0.05, 0) is 28.8 Å². The van der Waals surface area contributed by atoms with Gasteiger partial charge in [0.25, 0.3) is 0 Å². The second-order valence-electron chi connectivity index (χ2n) is 6.49. The van der Waals surface area contributed by atoms with Gasteiger partial charge in [0, 0.05) is 12.1 Å². The molecule has 0 atom stereocenters. The fourth-order valence-corrected chi connectivity index (χ4v) is 3.11. The van der Waals surface area contributed by atoms with Gasteiger partial charge in [-0.15, -0.1) is 0 Å². The number of rotatable bonds is 5. The van der Waals surface area contributed by atoms with Crippen LogP contribution < -0.4 is 0 Å². The van der Waals surface area contributed by atoms with Gasteiger partial charge < -0.3 is 4.57 Å². The highest BCUT2D eigenvalue weighted by atomic mass is 16.1. The molecule has 0 radical (unpaired) electrons. The van der Waals surface area contributed by atoms with Crippen molar-refractivity contribution < 1.29 is 4.79 Å². The zero-order valence-corrected chi connectivity index (χ0v) is 15.1. The molecule has 28 heavy (non-hydrogen) atoms. The molecule has 0 bridgehead atoms. The number of nitrogens with zero attached hydrogens (tertiary/aromatic N) is 3. The Kier molecular flexibility index (Phi) is 4.81. The molecule has 1 aromatic heterocycles. The van der Waals surface area contributed by atoms with Crippen LogP contribution in [0.4, 0.5) is 0 Å². The van der Waals surface area contributed by atoms with E-state index in [0.717, 1.165) is 16.7 Å². The highest BCUT2D eigenvalue weighted by Crippen LogP contribution is 2.20. The number of carbonyl (C=O) groups is 1. The Morgan fingerprint density at radius 1 is 0.893 bits per heavy atom. The largest absolute Gasteiger partial charge is 0.323 e. The van der Waals surface area contributed by atoms with Crippen LogP contribution in [0, 0.1) is 11.3 Å². The number of aromatic nitrogens is 2. The summed E-state index contributed by atoms with van der Waals surface area (Å²) in [5, 5.41) is 8.91. The minimum atomic E-state index is -0.0641. The zero-order valence-electron chi connectivity index (χ0n) is 15.1. The molecule has 4 aromatic rings. The fraction of sp³-hybridized carbons (Fsp3) is 0.0417. The van der Waals surface area contributed by atoms with E-state index in [9.17, 15) is 4.79 Å². The number of carbonyl (C=O) groups excluding carboxylic acids is 1. The zero-order chi connectivity index (χ0) is 19.3. The van der Waals surface area contributed by atoms with E-state index in [1.54, 1.807) is 24.7 Å². The Balaban J connectivity index is 1.56. The molecule has 4 heteroatoms. The topological polar surface area (TPSA) is 58.7 Å². The van der Waals surface area contributed by atoms with Crippen molar-refractivity contribution in [3.8, 4) is 17.2 Å². The third-order valence-corrected chi connectivity index (χ3v) is 4.64. The van der Waals surface area contributed by atoms with Crippen molar-refractivity contribution in [1.82, 2.24) is 9.55 Å². The van der Waals surface area contributed by atoms with Crippen molar-refractivity contribution in [3.05, 3.63) is 114 Å². The number of imidazole rings is 1. The Hall–Kier alpha value is -3.97. The molecule has 0 saturated heterocycles. The van der Waals surface area contributed by atoms with Gasteiger partial charge in [-0.2, -0.15) is 5.26 Å². The average Bonchev–Trinajstić information content (AvgIpc) is 3.22. The summed E-state index contributed by atoms with van der Waals surface area (Å²) in [5.41, 5.74) is 4.98. The van der Waals surface area contributed by atoms with Gasteiger partial charge in [0.2, 0.25) is 5.78 Å². The van der Waals surface area contributed by atoms with E-state index in [1.807, 2.05) is 71.3 Å². The highest BCUT2D eigenvalue weighted by molar-refractivity contribution is 6.08. The van der Waals surface area contributed by atoms with Crippen molar-refractivity contribution >= 4 is 5.78 Å². The first-order valence-corrected chi connectivity index (χ1v) is 8.94. The van der Waals surface area contributed by atoms with Gasteiger partial charge >= 0.3 is 0 Å². The quantitative estimate of drug-likeness (QED) is 0.483. The molecule has 134 valence electrons. The maximum absolute atomic E-state index is 13.0. The monoisotopic (exact) mass is 363 g/mol. The van der Waals surface area contributed by atoms with E-state index in [-0.39, 0.29) is 5.78 Å². The van der Waals surface area contributed by atoms with Crippen LogP contribution in [-0.2, 0) is 6.54 Å². The predicted molar refractivity (Wildman–Crippen MR) is 108 cm³/mol. The van der Waals surface area contributed by atoms with E-state index in [1.165, 1.54) is 0 Å². The van der Waals surface area contributed by atoms with Crippen LogP contribution in [-0.4, -0.2) is 15.3 Å². The van der Waals surface area contributed by atoms with Gasteiger partial charge in [-0.25, -0.2) is 4.98 Å². The molecule has 4 nitrogen and oxygen atoms in total. The third-order valence-electron chi connectivity index (χ3n) is 4.64. The molecule has 1 heterocycles. The minimum absolute atomic E-state index is 0.0641. The van der Waals surface area contributed by atoms with E-state index < -0.39 is 0 Å². The van der Waals surface area contributed by atoms with Crippen LogP contribution in [0.5, 0.6) is 0 Å². The second kappa shape index (κ2) is 7.73. The van der Waals surface area contributed by atoms with Gasteiger partial charge in [0.1, 0.15) is 5.69 Å². The van der Waals surface area contributed by atoms with Crippen LogP contribution in [0.25, 0.3) is 11.1 Å². The van der Waals surface area contributed by atoms with E-state index in [0.29, 0.717) is 23.4 Å². The van der Waals surface area contributed by atoms with Crippen molar-refractivity contribution in [2.75, 3.05) is 0 Å². The van der Waals surface area contributed by atoms with Crippen molar-refractivity contribution in [2.24, 2.45) is 0 Å². The number of ketones is 1. The Morgan fingerprint density at radius 2 is 1.57 bits per heavy atom. The van der Waals surface area contributed by atoms with Crippen LogP contribution in [0.2, 0.25) is 0 Å². The molecule has 0 aliphatic heterocycles. The third kappa shape index (κ3) is 3.60. The van der Waals surface area contributed by atoms with E-state index >= 15 is 0 Å². The molecule has 0 fully saturated rings. The number of nitriles is 1. The van der Waals surface area contributed by atoms with Gasteiger partial charge in [0.05, 0.1) is 24.2 Å². The molecule has 0 aliphatic rings. The number of benzene rings is 3. The average molecular weight is 363 g/mol. The highest BCUT2D eigenvalue weighted by Gasteiger charge is 2.14. The lowest BCUT2D eigenvalue weighted by molar-refractivity contribution is 0.103. The van der Waals surface area contributed by atoms with Gasteiger partial charge in [-0.1, -0.05) is 66.7 Å². The lowest BCUT2D eigenvalue weighted by atomic mass is 10.0. The first-order valence-electron chi connectivity index (χ1n) is 8.94. The maximum Gasteiger partial charge on any atom is 0.211 e. The van der Waals surface area contributed by atoms with Crippen molar-refractivity contribution in [2.45, 2.75) is 6.54 Å². The molecule has 0 N–H and O–H groups in total. The van der Waals surface area contributed by atoms with E-state index in [2.05, 4.69) is 11.1 Å². The molecule has 0 spiro atoms. The Morgan fingerprint density at radius 3 is 2.25 bits per heavy atom. The SMILES string of the molecule is N#Cc1ccc(Cn2cncc2C(=O)c2ccc(-c3ccccc3)cc2)cc1. The maximum atomic E-state index is 13.0. The first-order chi connectivity index (χ1) is 13.7. The second-order valence-corrected chi connectivity index (χ2v) is 6.49. The van der Waals surface area contributed by atoms with Crippen LogP contribution >= 0.6 is 0 Å². The van der Waals surface area contributed by atoms with Gasteiger partial charge in [-0.3, -0.25) is 4.79 Å². The normalized spacial score (nSPS) is 10.4. The molecular weight excluding hydrogens is 346 g/mol. The molecule has 0 amide bonds. The summed E-state index contributed by atoms with van der Waals surface area (Å²) in [6, 6.07) is 27.1. The number of hydrogen-bond donors (Lipinski definition) is 0. The summed E-state index contributed by atoms with van der Waals surface area (Å²) in [6.45, 7) is 0.523. The lowest BCUT2D eigenvalue weighted by Gasteiger charge is -2.09. The summed E-state index contributed by atoms with van der Waals surface area (Å²) in [6.07, 6.45) is 3.25. The lowest BCUT2D eigenvalue weighted by Crippen LogP contribution is -2.10. The summed E-state index contributed by atoms with van der Waals surface area (Å²) in [7, 11) is 0. The van der Waals surface area contributed by atoms with Crippen LogP contribution in [0.3, 0.4) is 0 Å². The molecule has 4 rings (SSSR count). The Labute approximate surface area is 163 Å². The number of hydrogen-bond acceptors (Lipinski definition) is 3. The summed E-state index contributed by atoms with van der Waals surface area (Å²) in [4.78, 5) is 17.1. The first kappa shape index (κ1) is 17.4. The standard InChI is InChI=1S/C24H17N3O/c25-14-18-6-8-19(9-7-18)16-27-17-26-15-23(27)24(28)22-12-10-21(11-13-22)20-4-2-1-3-5-20/h1-13,15,17H,16H2. The molecule has 0 unspecified atom stereocenters. The van der Waals surface area contributed by atoms with Crippen molar-refractivity contribution in [1.29, 1.82) is 5.26 Å². The van der Waals surface area contributed by atoms with Crippen molar-refractivity contribution in [3.63, 3.8) is 0 Å². The molecule has 0 aliphatic carbocycles. The fourth-order valence-electron chi connectivity index (χ4n) is 3.11. The smallest absolute Gasteiger partial charge is 0.211 e. The van der Waals surface area contributed by atoms with Crippen LogP contribution in [0.15, 0.2) is 91.4 Å². The Bertz CT molecular complexity index is 1140. The molecule has 3 aromatic carbocycles. The predicted octanol–water partition coefficient (Wildman–Crippen LogP) is 4.70. The summed E-state index contributed by atoms with van der Waals surface area (Å²) >= 11 is 0. The van der Waals surface area contributed by atoms with Gasteiger partial charge in [0.15, 0.2) is 0 Å². The minimum Gasteiger partial charge on any atom is -0.323 e. The molecule has 0 saturated carbocycles. The summed E-state index contributed by atoms with van der Waals surface area (Å²) < 4.78 is 1.83. The molecular formula is C24H17N3O. The van der Waals surface area contributed by atoms with Crippen LogP contribution in [0.1, 0.15) is 27.2 Å².